The van der Waals surface area contributed by atoms with Gasteiger partial charge in [0.1, 0.15) is 0 Å². The van der Waals surface area contributed by atoms with Gasteiger partial charge in [-0.15, -0.1) is 0 Å². The largest absolute Gasteiger partial charge is 0.282 e. The van der Waals surface area contributed by atoms with E-state index >= 15 is 0 Å². The van der Waals surface area contributed by atoms with Crippen molar-refractivity contribution in [2.75, 3.05) is 0 Å². The first kappa shape index (κ1) is 17.3. The summed E-state index contributed by atoms with van der Waals surface area (Å²) in [7, 11) is 0. The lowest BCUT2D eigenvalue weighted by Crippen LogP contribution is -2.41. The van der Waals surface area contributed by atoms with Gasteiger partial charge in [-0.2, -0.15) is 4.57 Å². The lowest BCUT2D eigenvalue weighted by atomic mass is 9.99. The normalized spacial score (nSPS) is 11.0. The van der Waals surface area contributed by atoms with E-state index in [1.165, 1.54) is 5.56 Å². The molecule has 0 saturated heterocycles. The molecule has 0 aliphatic rings. The third-order valence-corrected chi connectivity index (χ3v) is 5.36. The van der Waals surface area contributed by atoms with E-state index in [1.807, 2.05) is 79.0 Å². The Balaban J connectivity index is 1.68. The Hall–Kier alpha value is -3.78. The van der Waals surface area contributed by atoms with E-state index in [2.05, 4.69) is 34.9 Å². The second kappa shape index (κ2) is 7.33. The maximum atomic E-state index is 13.7. The van der Waals surface area contributed by atoms with E-state index in [0.717, 1.165) is 27.2 Å². The van der Waals surface area contributed by atoms with Gasteiger partial charge >= 0.3 is 0 Å². The summed E-state index contributed by atoms with van der Waals surface area (Å²) in [5.41, 5.74) is 2.60. The minimum atomic E-state index is 0.0449. The summed E-state index contributed by atoms with van der Waals surface area (Å²) >= 11 is 0. The molecule has 29 heavy (non-hydrogen) atoms. The van der Waals surface area contributed by atoms with Crippen LogP contribution in [0.4, 0.5) is 0 Å². The van der Waals surface area contributed by atoms with Crippen molar-refractivity contribution in [3.05, 3.63) is 126 Å². The number of fused-ring (bicyclic) bond motifs is 2. The molecule has 5 aromatic rings. The minimum absolute atomic E-state index is 0.0449. The smallest absolute Gasteiger partial charge is 0.261 e. The molecular weight excluding hydrogens is 354 g/mol. The average molecular weight is 374 g/mol. The van der Waals surface area contributed by atoms with E-state index in [0.29, 0.717) is 12.1 Å². The fourth-order valence-electron chi connectivity index (χ4n) is 3.89. The maximum absolute atomic E-state index is 13.7. The highest BCUT2D eigenvalue weighted by Crippen LogP contribution is 2.22. The quantitative estimate of drug-likeness (QED) is 0.298. The lowest BCUT2D eigenvalue weighted by Gasteiger charge is -2.08. The molecule has 0 aliphatic heterocycles. The molecule has 5 rings (SSSR count). The topological polar surface area (TPSA) is 20.9 Å². The van der Waals surface area contributed by atoms with E-state index in [4.69, 9.17) is 0 Å². The first-order valence-corrected chi connectivity index (χ1v) is 9.78. The molecule has 0 amide bonds. The number of carbonyl (C=O) groups is 1. The Labute approximate surface area is 169 Å². The molecular formula is C27H20NO+. The fraction of sp³-hybridized carbons (Fsp3) is 0.0370. The molecule has 2 nitrogen and oxygen atoms in total. The molecule has 0 unspecified atom stereocenters. The van der Waals surface area contributed by atoms with Crippen molar-refractivity contribution in [1.29, 1.82) is 0 Å². The van der Waals surface area contributed by atoms with Crippen molar-refractivity contribution in [2.45, 2.75) is 6.54 Å². The summed E-state index contributed by atoms with van der Waals surface area (Å²) in [6, 6.07) is 34.5. The van der Waals surface area contributed by atoms with Crippen LogP contribution in [0.2, 0.25) is 0 Å². The third-order valence-electron chi connectivity index (χ3n) is 5.36. The number of rotatable bonds is 4. The summed E-state index contributed by atoms with van der Waals surface area (Å²) in [6.07, 6.45) is 2.02. The average Bonchev–Trinajstić information content (AvgIpc) is 2.79. The molecule has 138 valence electrons. The van der Waals surface area contributed by atoms with Gasteiger partial charge in [-0.3, -0.25) is 4.79 Å². The first-order chi connectivity index (χ1) is 14.3. The summed E-state index contributed by atoms with van der Waals surface area (Å²) in [4.78, 5) is 13.7. The van der Waals surface area contributed by atoms with Crippen molar-refractivity contribution in [2.24, 2.45) is 0 Å². The molecule has 0 N–H and O–H groups in total. The molecule has 0 fully saturated rings. The van der Waals surface area contributed by atoms with Crippen molar-refractivity contribution in [3.8, 4) is 0 Å². The second-order valence-electron chi connectivity index (χ2n) is 7.26. The number of hydrogen-bond acceptors (Lipinski definition) is 1. The van der Waals surface area contributed by atoms with Crippen LogP contribution in [0.25, 0.3) is 21.5 Å². The van der Waals surface area contributed by atoms with E-state index < -0.39 is 0 Å². The SMILES string of the molecule is O=C(c1ccc2ccccc2c1)c1c2ccccc2cc[n+]1Cc1ccccc1. The van der Waals surface area contributed by atoms with Gasteiger partial charge in [0.2, 0.25) is 0 Å². The molecule has 0 atom stereocenters. The number of carbonyl (C=O) groups excluding carboxylic acids is 1. The van der Waals surface area contributed by atoms with Gasteiger partial charge in [0, 0.05) is 17.2 Å². The van der Waals surface area contributed by atoms with Crippen molar-refractivity contribution in [1.82, 2.24) is 0 Å². The Morgan fingerprint density at radius 1 is 0.655 bits per heavy atom. The highest BCUT2D eigenvalue weighted by atomic mass is 16.1. The molecule has 0 bridgehead atoms. The summed E-state index contributed by atoms with van der Waals surface area (Å²) < 4.78 is 2.06. The van der Waals surface area contributed by atoms with Crippen molar-refractivity contribution in [3.63, 3.8) is 0 Å². The van der Waals surface area contributed by atoms with Crippen LogP contribution in [-0.4, -0.2) is 5.78 Å². The zero-order chi connectivity index (χ0) is 19.6. The Kier molecular flexibility index (Phi) is 4.38. The van der Waals surface area contributed by atoms with Crippen LogP contribution in [0.15, 0.2) is 109 Å². The predicted octanol–water partition coefficient (Wildman–Crippen LogP) is 5.56. The van der Waals surface area contributed by atoms with Crippen LogP contribution in [-0.2, 0) is 6.54 Å². The predicted molar refractivity (Wildman–Crippen MR) is 117 cm³/mol. The molecule has 2 heteroatoms. The summed E-state index contributed by atoms with van der Waals surface area (Å²) in [5, 5.41) is 4.26. The van der Waals surface area contributed by atoms with Crippen LogP contribution in [0.3, 0.4) is 0 Å². The Bertz CT molecular complexity index is 1340. The van der Waals surface area contributed by atoms with Crippen molar-refractivity contribution >= 4 is 27.3 Å². The molecule has 0 aliphatic carbocycles. The standard InChI is InChI=1S/C27H20NO/c29-27(24-15-14-21-10-4-5-12-23(21)18-24)26-25-13-7-6-11-22(25)16-17-28(26)19-20-8-2-1-3-9-20/h1-18H,19H2/q+1. The summed E-state index contributed by atoms with van der Waals surface area (Å²) in [6.45, 7) is 0.653. The third kappa shape index (κ3) is 3.30. The number of benzene rings is 4. The van der Waals surface area contributed by atoms with Gasteiger partial charge in [-0.25, -0.2) is 0 Å². The lowest BCUT2D eigenvalue weighted by molar-refractivity contribution is -0.688. The molecule has 4 aromatic carbocycles. The summed E-state index contributed by atoms with van der Waals surface area (Å²) in [5.74, 6) is 0.0449. The van der Waals surface area contributed by atoms with Gasteiger partial charge < -0.3 is 0 Å². The van der Waals surface area contributed by atoms with Gasteiger partial charge in [0.05, 0.1) is 5.39 Å². The molecule has 0 spiro atoms. The zero-order valence-corrected chi connectivity index (χ0v) is 16.0. The number of pyridine rings is 1. The molecule has 1 aromatic heterocycles. The number of nitrogens with zero attached hydrogens (tertiary/aromatic N) is 1. The van der Waals surface area contributed by atoms with E-state index in [-0.39, 0.29) is 5.78 Å². The first-order valence-electron chi connectivity index (χ1n) is 9.78. The van der Waals surface area contributed by atoms with Gasteiger partial charge in [0.15, 0.2) is 12.7 Å². The van der Waals surface area contributed by atoms with E-state index in [1.54, 1.807) is 0 Å². The molecule has 0 radical (unpaired) electrons. The Morgan fingerprint density at radius 2 is 1.34 bits per heavy atom. The Morgan fingerprint density at radius 3 is 2.17 bits per heavy atom. The van der Waals surface area contributed by atoms with Crippen LogP contribution >= 0.6 is 0 Å². The van der Waals surface area contributed by atoms with E-state index in [9.17, 15) is 4.79 Å². The highest BCUT2D eigenvalue weighted by molar-refractivity contribution is 6.14. The monoisotopic (exact) mass is 374 g/mol. The fourth-order valence-corrected chi connectivity index (χ4v) is 3.89. The molecule has 0 saturated carbocycles. The van der Waals surface area contributed by atoms with Crippen molar-refractivity contribution < 1.29 is 9.36 Å². The van der Waals surface area contributed by atoms with Gasteiger partial charge in [0.25, 0.3) is 11.5 Å². The van der Waals surface area contributed by atoms with Crippen LogP contribution in [0.5, 0.6) is 0 Å². The zero-order valence-electron chi connectivity index (χ0n) is 16.0. The van der Waals surface area contributed by atoms with Crippen LogP contribution in [0.1, 0.15) is 21.6 Å². The maximum Gasteiger partial charge on any atom is 0.261 e. The number of hydrogen-bond donors (Lipinski definition) is 0. The molecule has 1 heterocycles. The minimum Gasteiger partial charge on any atom is -0.282 e. The van der Waals surface area contributed by atoms with Gasteiger partial charge in [-0.05, 0) is 28.3 Å². The van der Waals surface area contributed by atoms with Crippen LogP contribution in [0, 0.1) is 0 Å². The van der Waals surface area contributed by atoms with Gasteiger partial charge in [-0.1, -0.05) is 84.9 Å². The second-order valence-corrected chi connectivity index (χ2v) is 7.26. The number of ketones is 1. The number of aromatic nitrogens is 1. The van der Waals surface area contributed by atoms with Crippen LogP contribution < -0.4 is 4.57 Å². The highest BCUT2D eigenvalue weighted by Gasteiger charge is 2.24.